The van der Waals surface area contributed by atoms with Crippen LogP contribution >= 0.6 is 11.8 Å². The average Bonchev–Trinajstić information content (AvgIpc) is 3.24. The minimum Gasteiger partial charge on any atom is -0.433 e. The highest BCUT2D eigenvalue weighted by Crippen LogP contribution is 2.38. The van der Waals surface area contributed by atoms with Crippen LogP contribution in [-0.4, -0.2) is 78.9 Å². The molecule has 2 atom stereocenters. The molecule has 1 fully saturated rings. The van der Waals surface area contributed by atoms with E-state index in [1.807, 2.05) is 18.2 Å². The van der Waals surface area contributed by atoms with Crippen LogP contribution in [0.1, 0.15) is 86.1 Å². The van der Waals surface area contributed by atoms with Crippen LogP contribution in [0.25, 0.3) is 0 Å². The summed E-state index contributed by atoms with van der Waals surface area (Å²) in [7, 11) is -2.47. The van der Waals surface area contributed by atoms with Crippen molar-refractivity contribution in [1.82, 2.24) is 14.5 Å². The van der Waals surface area contributed by atoms with Gasteiger partial charge in [0, 0.05) is 17.2 Å². The van der Waals surface area contributed by atoms with E-state index in [-0.39, 0.29) is 28.4 Å². The third kappa shape index (κ3) is 8.49. The Labute approximate surface area is 295 Å². The van der Waals surface area contributed by atoms with Crippen molar-refractivity contribution in [1.29, 1.82) is 0 Å². The van der Waals surface area contributed by atoms with E-state index in [2.05, 4.69) is 50.2 Å². The highest BCUT2D eigenvalue weighted by atomic mass is 32.2. The van der Waals surface area contributed by atoms with Crippen molar-refractivity contribution in [2.75, 3.05) is 31.2 Å². The molecule has 2 aromatic carbocycles. The summed E-state index contributed by atoms with van der Waals surface area (Å²) in [5, 5.41) is 6.02. The van der Waals surface area contributed by atoms with Gasteiger partial charge in [0.25, 0.3) is 21.8 Å². The maximum absolute atomic E-state index is 14.7. The Morgan fingerprint density at radius 3 is 2.41 bits per heavy atom. The molecule has 2 unspecified atom stereocenters. The van der Waals surface area contributed by atoms with E-state index in [4.69, 9.17) is 4.74 Å². The van der Waals surface area contributed by atoms with Crippen molar-refractivity contribution in [2.45, 2.75) is 107 Å². The van der Waals surface area contributed by atoms with Crippen LogP contribution in [0.15, 0.2) is 57.2 Å². The SMILES string of the molecule is CCCCC(CC)CSc1ccc(C(C)(C)C)cc1NC(=O)C(C1=Nc2ccccc2S(=O)(=O)N1CCCNC)N1C(=O)OC(C)(C)C1=O. The Kier molecular flexibility index (Phi) is 12.3. The van der Waals surface area contributed by atoms with Crippen LogP contribution in [0.2, 0.25) is 0 Å². The van der Waals surface area contributed by atoms with Gasteiger partial charge in [-0.05, 0) is 81.4 Å². The number of hydrogen-bond acceptors (Lipinski definition) is 9. The first-order valence-electron chi connectivity index (χ1n) is 17.1. The molecule has 4 rings (SSSR count). The topological polar surface area (TPSA) is 137 Å². The van der Waals surface area contributed by atoms with Gasteiger partial charge in [-0.2, -0.15) is 0 Å². The number of carbonyl (C=O) groups excluding carboxylic acids is 3. The summed E-state index contributed by atoms with van der Waals surface area (Å²) < 4.78 is 34.7. The number of anilines is 1. The number of ether oxygens (including phenoxy) is 1. The van der Waals surface area contributed by atoms with Gasteiger partial charge < -0.3 is 15.4 Å². The summed E-state index contributed by atoms with van der Waals surface area (Å²) in [6, 6.07) is 10.4. The molecule has 0 radical (unpaired) electrons. The number of para-hydroxylation sites is 1. The zero-order valence-electron chi connectivity index (χ0n) is 30.0. The maximum atomic E-state index is 14.7. The molecule has 11 nitrogen and oxygen atoms in total. The second kappa shape index (κ2) is 15.6. The number of sulfonamides is 1. The second-order valence-corrected chi connectivity index (χ2v) is 17.0. The Hall–Kier alpha value is -3.42. The lowest BCUT2D eigenvalue weighted by molar-refractivity contribution is -0.137. The molecule has 49 heavy (non-hydrogen) atoms. The summed E-state index contributed by atoms with van der Waals surface area (Å²) in [4.78, 5) is 48.1. The molecule has 0 bridgehead atoms. The number of unbranched alkanes of at least 4 members (excludes halogenated alkanes) is 1. The van der Waals surface area contributed by atoms with Crippen LogP contribution in [0.3, 0.4) is 0 Å². The smallest absolute Gasteiger partial charge is 0.418 e. The Bertz CT molecular complexity index is 1680. The van der Waals surface area contributed by atoms with E-state index in [1.165, 1.54) is 26.0 Å². The first-order chi connectivity index (χ1) is 23.1. The zero-order valence-corrected chi connectivity index (χ0v) is 31.6. The Morgan fingerprint density at radius 2 is 1.80 bits per heavy atom. The number of amides is 3. The molecule has 13 heteroatoms. The minimum absolute atomic E-state index is 0.0249. The number of aliphatic imine (C=N–C) groups is 1. The van der Waals surface area contributed by atoms with Gasteiger partial charge in [0.15, 0.2) is 17.5 Å². The van der Waals surface area contributed by atoms with E-state index in [0.717, 1.165) is 46.2 Å². The molecular weight excluding hydrogens is 663 g/mol. The van der Waals surface area contributed by atoms with E-state index in [1.54, 1.807) is 30.9 Å². The van der Waals surface area contributed by atoms with Crippen LogP contribution in [0.4, 0.5) is 16.2 Å². The van der Waals surface area contributed by atoms with Gasteiger partial charge in [0.2, 0.25) is 0 Å². The van der Waals surface area contributed by atoms with Gasteiger partial charge in [-0.25, -0.2) is 23.1 Å². The molecule has 0 aliphatic carbocycles. The van der Waals surface area contributed by atoms with Gasteiger partial charge in [0.05, 0.1) is 11.4 Å². The van der Waals surface area contributed by atoms with Crippen LogP contribution in [0.5, 0.6) is 0 Å². The monoisotopic (exact) mass is 713 g/mol. The maximum Gasteiger partial charge on any atom is 0.418 e. The van der Waals surface area contributed by atoms with Crippen molar-refractivity contribution < 1.29 is 27.5 Å². The fraction of sp³-hybridized carbons (Fsp3) is 0.556. The van der Waals surface area contributed by atoms with E-state index in [9.17, 15) is 22.8 Å². The fourth-order valence-electron chi connectivity index (χ4n) is 5.80. The lowest BCUT2D eigenvalue weighted by atomic mass is 9.87. The summed E-state index contributed by atoms with van der Waals surface area (Å²) in [6.45, 7) is 13.9. The van der Waals surface area contributed by atoms with Gasteiger partial charge >= 0.3 is 6.09 Å². The van der Waals surface area contributed by atoms with Crippen LogP contribution in [0, 0.1) is 5.92 Å². The summed E-state index contributed by atoms with van der Waals surface area (Å²) in [5.41, 5.74) is -0.218. The molecule has 0 spiro atoms. The normalized spacial score (nSPS) is 18.1. The molecule has 268 valence electrons. The van der Waals surface area contributed by atoms with Crippen molar-refractivity contribution >= 4 is 56.9 Å². The number of hydrogen-bond donors (Lipinski definition) is 2. The number of nitrogens with one attached hydrogen (secondary N) is 2. The van der Waals surface area contributed by atoms with Gasteiger partial charge in [-0.1, -0.05) is 72.1 Å². The molecule has 0 aromatic heterocycles. The molecule has 1 saturated heterocycles. The zero-order chi connectivity index (χ0) is 36.1. The highest BCUT2D eigenvalue weighted by molar-refractivity contribution is 7.99. The minimum atomic E-state index is -4.22. The quantitative estimate of drug-likeness (QED) is 0.154. The van der Waals surface area contributed by atoms with Crippen molar-refractivity contribution in [3.05, 3.63) is 48.0 Å². The highest BCUT2D eigenvalue weighted by Gasteiger charge is 2.55. The number of thioether (sulfide) groups is 1. The number of benzene rings is 2. The summed E-state index contributed by atoms with van der Waals surface area (Å²) in [6.07, 6.45) is 3.73. The number of amidine groups is 1. The molecule has 2 heterocycles. The number of carbonyl (C=O) groups is 3. The predicted molar refractivity (Wildman–Crippen MR) is 195 cm³/mol. The lowest BCUT2D eigenvalue weighted by Crippen LogP contribution is -2.59. The van der Waals surface area contributed by atoms with E-state index >= 15 is 0 Å². The van der Waals surface area contributed by atoms with Gasteiger partial charge in [0.1, 0.15) is 4.90 Å². The predicted octanol–water partition coefficient (Wildman–Crippen LogP) is 6.70. The Morgan fingerprint density at radius 1 is 1.08 bits per heavy atom. The molecule has 2 N–H and O–H groups in total. The van der Waals surface area contributed by atoms with Crippen molar-refractivity contribution in [3.63, 3.8) is 0 Å². The largest absolute Gasteiger partial charge is 0.433 e. The number of nitrogens with zero attached hydrogens (tertiary/aromatic N) is 3. The molecule has 2 aliphatic rings. The fourth-order valence-corrected chi connectivity index (χ4v) is 8.67. The standard InChI is InChI=1S/C36H51N5O6S2/c1-9-11-15-24(10-2)23-48-28-19-18-25(35(3,4)5)22-27(28)39-32(42)30(41-33(43)36(6,7)47-34(41)44)31-38-26-16-12-13-17-29(26)49(45,46)40(31)21-14-20-37-8/h12-13,16-19,22,24,30,37H,9-11,14-15,20-21,23H2,1-8H3,(H,39,42). The van der Waals surface area contributed by atoms with Crippen LogP contribution < -0.4 is 10.6 Å². The number of fused-ring (bicyclic) bond motifs is 1. The van der Waals surface area contributed by atoms with E-state index < -0.39 is 39.6 Å². The third-order valence-electron chi connectivity index (χ3n) is 8.86. The third-order valence-corrected chi connectivity index (χ3v) is 12.0. The molecule has 0 saturated carbocycles. The van der Waals surface area contributed by atoms with Crippen molar-refractivity contribution in [2.24, 2.45) is 10.9 Å². The van der Waals surface area contributed by atoms with Crippen molar-refractivity contribution in [3.8, 4) is 0 Å². The van der Waals surface area contributed by atoms with E-state index in [0.29, 0.717) is 29.5 Å². The average molecular weight is 714 g/mol. The number of imide groups is 1. The molecule has 2 aliphatic heterocycles. The second-order valence-electron chi connectivity index (χ2n) is 14.1. The first kappa shape index (κ1) is 38.4. The lowest BCUT2D eigenvalue weighted by Gasteiger charge is -2.35. The Balaban J connectivity index is 1.85. The number of cyclic esters (lactones) is 1. The van der Waals surface area contributed by atoms with Gasteiger partial charge in [-0.15, -0.1) is 11.8 Å². The first-order valence-corrected chi connectivity index (χ1v) is 19.5. The van der Waals surface area contributed by atoms with Gasteiger partial charge in [-0.3, -0.25) is 13.9 Å². The van der Waals surface area contributed by atoms with Crippen LogP contribution in [-0.2, 0) is 29.8 Å². The summed E-state index contributed by atoms with van der Waals surface area (Å²) >= 11 is 1.65. The molecule has 3 amide bonds. The number of rotatable bonds is 15. The molecular formula is C36H51N5O6S2. The molecule has 2 aromatic rings. The summed E-state index contributed by atoms with van der Waals surface area (Å²) in [5.74, 6) is -0.450.